The van der Waals surface area contributed by atoms with Gasteiger partial charge >= 0.3 is 5.69 Å². The van der Waals surface area contributed by atoms with Gasteiger partial charge in [-0.2, -0.15) is 4.98 Å². The van der Waals surface area contributed by atoms with Crippen molar-refractivity contribution in [2.45, 2.75) is 11.8 Å². The van der Waals surface area contributed by atoms with Crippen molar-refractivity contribution in [1.82, 2.24) is 19.5 Å². The third-order valence-corrected chi connectivity index (χ3v) is 6.62. The first kappa shape index (κ1) is 20.2. The zero-order valence-electron chi connectivity index (χ0n) is 17.1. The standard InChI is InChI=1S/C25H20N4O2S/c30-24-21-23(27-25(31)28-24)29(20-14-8-7-13-19(20)26-21)15-16-32-22(17-9-3-1-4-10-17)18-11-5-2-6-12-18/h1-14,22H,15-16H2,(H,28,30,31). The number of thioether (sulfide) groups is 1. The number of hydrogen-bond donors (Lipinski definition) is 1. The van der Waals surface area contributed by atoms with Crippen LogP contribution in [-0.4, -0.2) is 25.3 Å². The fourth-order valence-electron chi connectivity index (χ4n) is 3.87. The van der Waals surface area contributed by atoms with Crippen LogP contribution in [0.15, 0.2) is 94.5 Å². The van der Waals surface area contributed by atoms with Crippen molar-refractivity contribution in [1.29, 1.82) is 0 Å². The van der Waals surface area contributed by atoms with Gasteiger partial charge in [-0.3, -0.25) is 9.78 Å². The molecule has 6 nitrogen and oxygen atoms in total. The molecule has 0 saturated carbocycles. The Kier molecular flexibility index (Phi) is 5.56. The van der Waals surface area contributed by atoms with Crippen LogP contribution in [0.2, 0.25) is 0 Å². The summed E-state index contributed by atoms with van der Waals surface area (Å²) in [5.74, 6) is 1.07. The molecule has 0 unspecified atom stereocenters. The highest BCUT2D eigenvalue weighted by Crippen LogP contribution is 2.36. The van der Waals surface area contributed by atoms with Gasteiger partial charge in [0.15, 0.2) is 11.5 Å². The molecular weight excluding hydrogens is 420 g/mol. The molecule has 0 bridgehead atoms. The molecule has 1 N–H and O–H groups in total. The van der Waals surface area contributed by atoms with Gasteiger partial charge in [-0.15, -0.1) is 11.8 Å². The fourth-order valence-corrected chi connectivity index (χ4v) is 5.10. The van der Waals surface area contributed by atoms with Gasteiger partial charge in [-0.05, 0) is 23.3 Å². The van der Waals surface area contributed by atoms with Gasteiger partial charge in [0.2, 0.25) is 0 Å². The largest absolute Gasteiger partial charge is 0.349 e. The molecule has 2 heterocycles. The zero-order chi connectivity index (χ0) is 21.9. The number of benzene rings is 3. The summed E-state index contributed by atoms with van der Waals surface area (Å²) in [6.07, 6.45) is 0. The lowest BCUT2D eigenvalue weighted by Crippen LogP contribution is -2.29. The van der Waals surface area contributed by atoms with Gasteiger partial charge in [0.05, 0.1) is 16.3 Å². The van der Waals surface area contributed by atoms with Gasteiger partial charge in [-0.25, -0.2) is 9.78 Å². The molecule has 2 aliphatic rings. The Morgan fingerprint density at radius 3 is 2.12 bits per heavy atom. The minimum Gasteiger partial charge on any atom is -0.322 e. The summed E-state index contributed by atoms with van der Waals surface area (Å²) in [5.41, 5.74) is 3.00. The van der Waals surface area contributed by atoms with Crippen molar-refractivity contribution in [2.24, 2.45) is 0 Å². The summed E-state index contributed by atoms with van der Waals surface area (Å²) in [5, 5.41) is 0.170. The maximum absolute atomic E-state index is 12.4. The summed E-state index contributed by atoms with van der Waals surface area (Å²) < 4.78 is 1.92. The molecule has 5 rings (SSSR count). The van der Waals surface area contributed by atoms with Gasteiger partial charge < -0.3 is 4.57 Å². The number of hydrogen-bond acceptors (Lipinski definition) is 5. The van der Waals surface area contributed by atoms with Crippen LogP contribution in [0.1, 0.15) is 16.4 Å². The quantitative estimate of drug-likeness (QED) is 0.402. The first-order chi connectivity index (χ1) is 15.7. The molecule has 0 aliphatic carbocycles. The molecule has 0 aromatic heterocycles. The number of nitrogens with one attached hydrogen (secondary N) is 1. The highest BCUT2D eigenvalue weighted by molar-refractivity contribution is 7.99. The smallest absolute Gasteiger partial charge is 0.322 e. The summed E-state index contributed by atoms with van der Waals surface area (Å²) in [6.45, 7) is 0.580. The Bertz CT molecular complexity index is 1410. The molecule has 3 aromatic carbocycles. The van der Waals surface area contributed by atoms with E-state index in [9.17, 15) is 9.59 Å². The number of nitrogens with zero attached hydrogens (tertiary/aromatic N) is 3. The van der Waals surface area contributed by atoms with E-state index in [1.54, 1.807) is 0 Å². The van der Waals surface area contributed by atoms with E-state index in [0.717, 1.165) is 11.3 Å². The van der Waals surface area contributed by atoms with E-state index in [4.69, 9.17) is 0 Å². The monoisotopic (exact) mass is 440 g/mol. The molecule has 0 atom stereocenters. The van der Waals surface area contributed by atoms with Crippen molar-refractivity contribution in [2.75, 3.05) is 5.75 Å². The second-order valence-corrected chi connectivity index (χ2v) is 8.58. The van der Waals surface area contributed by atoms with E-state index in [1.165, 1.54) is 11.1 Å². The Morgan fingerprint density at radius 2 is 1.44 bits per heavy atom. The summed E-state index contributed by atoms with van der Waals surface area (Å²) in [4.78, 5) is 35.0. The summed E-state index contributed by atoms with van der Waals surface area (Å²) >= 11 is 1.81. The first-order valence-electron chi connectivity index (χ1n) is 10.3. The zero-order valence-corrected chi connectivity index (χ0v) is 18.0. The first-order valence-corrected chi connectivity index (χ1v) is 11.4. The number of aromatic nitrogens is 4. The molecule has 2 aliphatic heterocycles. The van der Waals surface area contributed by atoms with Crippen LogP contribution in [0.25, 0.3) is 22.6 Å². The Hall–Kier alpha value is -3.71. The van der Waals surface area contributed by atoms with Crippen LogP contribution < -0.4 is 11.2 Å². The molecule has 0 saturated heterocycles. The highest BCUT2D eigenvalue weighted by atomic mass is 32.2. The lowest BCUT2D eigenvalue weighted by atomic mass is 10.0. The molecule has 158 valence electrons. The number of aromatic amines is 1. The molecule has 32 heavy (non-hydrogen) atoms. The predicted octanol–water partition coefficient (Wildman–Crippen LogP) is 4.11. The Labute approximate surface area is 188 Å². The summed E-state index contributed by atoms with van der Waals surface area (Å²) in [7, 11) is 0. The van der Waals surface area contributed by atoms with E-state index in [0.29, 0.717) is 17.9 Å². The molecule has 3 aromatic rings. The highest BCUT2D eigenvalue weighted by Gasteiger charge is 2.19. The maximum atomic E-state index is 12.4. The number of para-hydroxylation sites is 2. The minimum absolute atomic E-state index is 0.170. The Morgan fingerprint density at radius 1 is 0.812 bits per heavy atom. The van der Waals surface area contributed by atoms with E-state index in [1.807, 2.05) is 52.7 Å². The lowest BCUT2D eigenvalue weighted by molar-refractivity contribution is 0.767. The second kappa shape index (κ2) is 8.80. The minimum atomic E-state index is -0.660. The maximum Gasteiger partial charge on any atom is 0.349 e. The topological polar surface area (TPSA) is 80.6 Å². The molecule has 7 heteroatoms. The van der Waals surface area contributed by atoms with Crippen molar-refractivity contribution in [3.05, 3.63) is 117 Å². The van der Waals surface area contributed by atoms with E-state index >= 15 is 0 Å². The van der Waals surface area contributed by atoms with E-state index in [2.05, 4.69) is 63.5 Å². The van der Waals surface area contributed by atoms with Gasteiger partial charge in [-0.1, -0.05) is 72.8 Å². The number of H-pyrrole nitrogens is 1. The van der Waals surface area contributed by atoms with Crippen molar-refractivity contribution in [3.8, 4) is 11.5 Å². The molecule has 0 fully saturated rings. The lowest BCUT2D eigenvalue weighted by Gasteiger charge is -2.20. The van der Waals surface area contributed by atoms with Crippen LogP contribution in [0.3, 0.4) is 0 Å². The van der Waals surface area contributed by atoms with Gasteiger partial charge in [0.25, 0.3) is 5.56 Å². The summed E-state index contributed by atoms with van der Waals surface area (Å²) in [6, 6.07) is 28.4. The Balaban J connectivity index is 1.51. The number of aryl methyl sites for hydroxylation is 1. The van der Waals surface area contributed by atoms with Crippen molar-refractivity contribution < 1.29 is 0 Å². The van der Waals surface area contributed by atoms with Crippen molar-refractivity contribution in [3.63, 3.8) is 0 Å². The van der Waals surface area contributed by atoms with E-state index < -0.39 is 11.2 Å². The number of fused-ring (bicyclic) bond motifs is 2. The van der Waals surface area contributed by atoms with Crippen LogP contribution in [0.4, 0.5) is 0 Å². The molecular formula is C25H20N4O2S. The normalized spacial score (nSPS) is 11.4. The van der Waals surface area contributed by atoms with Crippen LogP contribution in [0, 0.1) is 0 Å². The average molecular weight is 441 g/mol. The molecule has 0 radical (unpaired) electrons. The predicted molar refractivity (Wildman–Crippen MR) is 128 cm³/mol. The SMILES string of the molecule is O=c1nc2n(CCSC(c3ccccc3)c3ccccc3)c3ccccc3nc-2c(=O)[nH]1. The fraction of sp³-hybridized carbons (Fsp3) is 0.120. The van der Waals surface area contributed by atoms with Crippen LogP contribution >= 0.6 is 11.8 Å². The van der Waals surface area contributed by atoms with Gasteiger partial charge in [0, 0.05) is 12.3 Å². The molecule has 0 spiro atoms. The number of rotatable bonds is 6. The molecule has 0 amide bonds. The van der Waals surface area contributed by atoms with Crippen LogP contribution in [-0.2, 0) is 6.54 Å². The second-order valence-electron chi connectivity index (χ2n) is 7.37. The van der Waals surface area contributed by atoms with Gasteiger partial charge in [0.1, 0.15) is 0 Å². The van der Waals surface area contributed by atoms with Crippen molar-refractivity contribution >= 4 is 22.8 Å². The third-order valence-electron chi connectivity index (χ3n) is 5.32. The van der Waals surface area contributed by atoms with Crippen LogP contribution in [0.5, 0.6) is 0 Å². The average Bonchev–Trinajstić information content (AvgIpc) is 2.83. The van der Waals surface area contributed by atoms with E-state index in [-0.39, 0.29) is 10.9 Å². The third kappa shape index (κ3) is 3.94.